The van der Waals surface area contributed by atoms with Crippen LogP contribution in [0.5, 0.6) is 5.75 Å². The SMILES string of the molecule is CC(O)CC1CCCN1C(=O)c1ccc(OCC2CC2)cc1. The molecule has 3 rings (SSSR count). The summed E-state index contributed by atoms with van der Waals surface area (Å²) in [6.07, 6.45) is 4.85. The first-order valence-electron chi connectivity index (χ1n) is 8.35. The second-order valence-electron chi connectivity index (χ2n) is 6.66. The van der Waals surface area contributed by atoms with Crippen molar-refractivity contribution in [3.63, 3.8) is 0 Å². The molecule has 2 atom stereocenters. The van der Waals surface area contributed by atoms with Gasteiger partial charge in [-0.05, 0) is 69.2 Å². The Balaban J connectivity index is 1.60. The van der Waals surface area contributed by atoms with Crippen LogP contribution in [0.2, 0.25) is 0 Å². The minimum absolute atomic E-state index is 0.0666. The Kier molecular flexibility index (Phi) is 4.67. The van der Waals surface area contributed by atoms with E-state index < -0.39 is 0 Å². The largest absolute Gasteiger partial charge is 0.493 e. The van der Waals surface area contributed by atoms with Gasteiger partial charge in [-0.3, -0.25) is 4.79 Å². The second kappa shape index (κ2) is 6.69. The molecule has 1 saturated carbocycles. The Morgan fingerprint density at radius 3 is 2.68 bits per heavy atom. The van der Waals surface area contributed by atoms with Gasteiger partial charge in [-0.2, -0.15) is 0 Å². The van der Waals surface area contributed by atoms with Gasteiger partial charge in [-0.25, -0.2) is 0 Å². The van der Waals surface area contributed by atoms with Crippen LogP contribution < -0.4 is 4.74 Å². The zero-order chi connectivity index (χ0) is 15.5. The van der Waals surface area contributed by atoms with Crippen molar-refractivity contribution in [2.24, 2.45) is 5.92 Å². The molecule has 0 aromatic heterocycles. The molecule has 1 aliphatic carbocycles. The molecule has 1 aromatic rings. The van der Waals surface area contributed by atoms with E-state index in [1.54, 1.807) is 6.92 Å². The van der Waals surface area contributed by atoms with E-state index in [1.807, 2.05) is 29.2 Å². The van der Waals surface area contributed by atoms with Crippen molar-refractivity contribution in [3.05, 3.63) is 29.8 Å². The van der Waals surface area contributed by atoms with Crippen LogP contribution in [0.3, 0.4) is 0 Å². The molecule has 4 heteroatoms. The summed E-state index contributed by atoms with van der Waals surface area (Å²) in [5, 5.41) is 9.57. The number of nitrogens with zero attached hydrogens (tertiary/aromatic N) is 1. The number of aliphatic hydroxyl groups excluding tert-OH is 1. The molecular formula is C18H25NO3. The van der Waals surface area contributed by atoms with Crippen LogP contribution in [0.1, 0.15) is 49.4 Å². The van der Waals surface area contributed by atoms with E-state index in [9.17, 15) is 9.90 Å². The van der Waals surface area contributed by atoms with Crippen LogP contribution in [0.25, 0.3) is 0 Å². The third-order valence-corrected chi connectivity index (χ3v) is 4.54. The second-order valence-corrected chi connectivity index (χ2v) is 6.66. The first-order chi connectivity index (χ1) is 10.6. The van der Waals surface area contributed by atoms with Gasteiger partial charge >= 0.3 is 0 Å². The van der Waals surface area contributed by atoms with Crippen LogP contribution in [0, 0.1) is 5.92 Å². The Morgan fingerprint density at radius 2 is 2.05 bits per heavy atom. The molecule has 0 spiro atoms. The smallest absolute Gasteiger partial charge is 0.254 e. The van der Waals surface area contributed by atoms with Crippen molar-refractivity contribution in [2.75, 3.05) is 13.2 Å². The number of likely N-dealkylation sites (tertiary alicyclic amines) is 1. The number of amides is 1. The molecule has 2 fully saturated rings. The van der Waals surface area contributed by atoms with Gasteiger partial charge < -0.3 is 14.7 Å². The van der Waals surface area contributed by atoms with Gasteiger partial charge in [-0.1, -0.05) is 0 Å². The molecule has 1 saturated heterocycles. The highest BCUT2D eigenvalue weighted by molar-refractivity contribution is 5.94. The van der Waals surface area contributed by atoms with Crippen molar-refractivity contribution in [1.82, 2.24) is 4.90 Å². The fourth-order valence-electron chi connectivity index (χ4n) is 3.10. The molecular weight excluding hydrogens is 278 g/mol. The first kappa shape index (κ1) is 15.3. The molecule has 22 heavy (non-hydrogen) atoms. The summed E-state index contributed by atoms with van der Waals surface area (Å²) >= 11 is 0. The third-order valence-electron chi connectivity index (χ3n) is 4.54. The molecule has 1 N–H and O–H groups in total. The first-order valence-corrected chi connectivity index (χ1v) is 8.35. The van der Waals surface area contributed by atoms with Crippen molar-refractivity contribution in [2.45, 2.75) is 51.2 Å². The van der Waals surface area contributed by atoms with Crippen LogP contribution >= 0.6 is 0 Å². The number of benzene rings is 1. The van der Waals surface area contributed by atoms with Crippen LogP contribution in [0.4, 0.5) is 0 Å². The van der Waals surface area contributed by atoms with Gasteiger partial charge in [0, 0.05) is 18.2 Å². The number of hydrogen-bond donors (Lipinski definition) is 1. The Morgan fingerprint density at radius 1 is 1.32 bits per heavy atom. The summed E-state index contributed by atoms with van der Waals surface area (Å²) in [5.74, 6) is 1.63. The van der Waals surface area contributed by atoms with E-state index >= 15 is 0 Å². The van der Waals surface area contributed by atoms with Crippen molar-refractivity contribution in [1.29, 1.82) is 0 Å². The lowest BCUT2D eigenvalue weighted by Crippen LogP contribution is -2.37. The van der Waals surface area contributed by atoms with E-state index in [0.29, 0.717) is 12.0 Å². The number of carbonyl (C=O) groups excluding carboxylic acids is 1. The van der Waals surface area contributed by atoms with Crippen LogP contribution in [-0.2, 0) is 0 Å². The van der Waals surface area contributed by atoms with E-state index in [0.717, 1.165) is 37.7 Å². The van der Waals surface area contributed by atoms with Gasteiger partial charge in [0.15, 0.2) is 0 Å². The number of ether oxygens (including phenoxy) is 1. The summed E-state index contributed by atoms with van der Waals surface area (Å²) in [4.78, 5) is 14.5. The normalized spacial score (nSPS) is 22.6. The van der Waals surface area contributed by atoms with Crippen molar-refractivity contribution >= 4 is 5.91 Å². The number of carbonyl (C=O) groups is 1. The molecule has 1 heterocycles. The van der Waals surface area contributed by atoms with E-state index in [-0.39, 0.29) is 18.1 Å². The maximum absolute atomic E-state index is 12.6. The van der Waals surface area contributed by atoms with E-state index in [1.165, 1.54) is 12.8 Å². The molecule has 1 amide bonds. The lowest BCUT2D eigenvalue weighted by atomic mass is 10.1. The van der Waals surface area contributed by atoms with E-state index in [2.05, 4.69) is 0 Å². The number of aliphatic hydroxyl groups is 1. The fraction of sp³-hybridized carbons (Fsp3) is 0.611. The predicted molar refractivity (Wildman–Crippen MR) is 85.0 cm³/mol. The summed E-state index contributed by atoms with van der Waals surface area (Å²) in [7, 11) is 0. The quantitative estimate of drug-likeness (QED) is 0.879. The summed E-state index contributed by atoms with van der Waals surface area (Å²) in [5.41, 5.74) is 0.705. The summed E-state index contributed by atoms with van der Waals surface area (Å²) in [6, 6.07) is 7.63. The molecule has 1 aliphatic heterocycles. The minimum atomic E-state index is -0.364. The lowest BCUT2D eigenvalue weighted by Gasteiger charge is -2.25. The summed E-state index contributed by atoms with van der Waals surface area (Å²) < 4.78 is 5.71. The Hall–Kier alpha value is -1.55. The molecule has 0 radical (unpaired) electrons. The van der Waals surface area contributed by atoms with Gasteiger partial charge in [0.25, 0.3) is 5.91 Å². The maximum atomic E-state index is 12.6. The standard InChI is InChI=1S/C18H25NO3/c1-13(20)11-16-3-2-10-19(16)18(21)15-6-8-17(9-7-15)22-12-14-4-5-14/h6-9,13-14,16,20H,2-5,10-12H2,1H3. The zero-order valence-corrected chi connectivity index (χ0v) is 13.2. The highest BCUT2D eigenvalue weighted by Gasteiger charge is 2.30. The Bertz CT molecular complexity index is 508. The predicted octanol–water partition coefficient (Wildman–Crippen LogP) is 2.85. The van der Waals surface area contributed by atoms with Crippen molar-refractivity contribution < 1.29 is 14.6 Å². The Labute approximate surface area is 132 Å². The molecule has 2 aliphatic rings. The lowest BCUT2D eigenvalue weighted by molar-refractivity contribution is 0.0682. The topological polar surface area (TPSA) is 49.8 Å². The van der Waals surface area contributed by atoms with Crippen LogP contribution in [0.15, 0.2) is 24.3 Å². The number of rotatable bonds is 6. The number of hydrogen-bond acceptors (Lipinski definition) is 3. The minimum Gasteiger partial charge on any atom is -0.493 e. The average molecular weight is 303 g/mol. The van der Waals surface area contributed by atoms with Gasteiger partial charge in [-0.15, -0.1) is 0 Å². The highest BCUT2D eigenvalue weighted by Crippen LogP contribution is 2.30. The van der Waals surface area contributed by atoms with Gasteiger partial charge in [0.05, 0.1) is 12.7 Å². The molecule has 120 valence electrons. The summed E-state index contributed by atoms with van der Waals surface area (Å²) in [6.45, 7) is 3.36. The molecule has 2 unspecified atom stereocenters. The molecule has 4 nitrogen and oxygen atoms in total. The average Bonchev–Trinajstić information content (AvgIpc) is 3.23. The van der Waals surface area contributed by atoms with Gasteiger partial charge in [0.2, 0.25) is 0 Å². The van der Waals surface area contributed by atoms with Crippen LogP contribution in [-0.4, -0.2) is 41.2 Å². The van der Waals surface area contributed by atoms with Gasteiger partial charge in [0.1, 0.15) is 5.75 Å². The van der Waals surface area contributed by atoms with Crippen molar-refractivity contribution in [3.8, 4) is 5.75 Å². The van der Waals surface area contributed by atoms with E-state index in [4.69, 9.17) is 4.74 Å². The highest BCUT2D eigenvalue weighted by atomic mass is 16.5. The zero-order valence-electron chi connectivity index (χ0n) is 13.2. The molecule has 0 bridgehead atoms. The fourth-order valence-corrected chi connectivity index (χ4v) is 3.10. The third kappa shape index (κ3) is 3.80. The molecule has 1 aromatic carbocycles. The maximum Gasteiger partial charge on any atom is 0.254 e. The monoisotopic (exact) mass is 303 g/mol.